The Morgan fingerprint density at radius 2 is 1.94 bits per heavy atom. The molecule has 0 amide bonds. The zero-order valence-electron chi connectivity index (χ0n) is 10.6. The zero-order chi connectivity index (χ0) is 12.9. The smallest absolute Gasteiger partial charge is 0.173 e. The highest BCUT2D eigenvalue weighted by molar-refractivity contribution is 8.30. The molecular formula is C13H20O2S2. The Balaban J connectivity index is 2.71. The van der Waals surface area contributed by atoms with E-state index >= 15 is 0 Å². The molecule has 0 spiro atoms. The zero-order valence-corrected chi connectivity index (χ0v) is 12.3. The van der Waals surface area contributed by atoms with Gasteiger partial charge in [0.15, 0.2) is 8.77 Å². The summed E-state index contributed by atoms with van der Waals surface area (Å²) in [5.74, 6) is 0. The molecule has 0 bridgehead atoms. The van der Waals surface area contributed by atoms with Crippen molar-refractivity contribution in [2.45, 2.75) is 51.0 Å². The monoisotopic (exact) mass is 272 g/mol. The first-order valence-electron chi connectivity index (χ1n) is 5.95. The van der Waals surface area contributed by atoms with E-state index in [1.165, 1.54) is 0 Å². The van der Waals surface area contributed by atoms with Gasteiger partial charge in [0.25, 0.3) is 0 Å². The Morgan fingerprint density at radius 1 is 1.35 bits per heavy atom. The molecule has 0 fully saturated rings. The molecule has 2 nitrogen and oxygen atoms in total. The lowest BCUT2D eigenvalue weighted by Crippen LogP contribution is -2.14. The van der Waals surface area contributed by atoms with Crippen molar-refractivity contribution < 1.29 is 8.39 Å². The molecule has 1 rings (SSSR count). The summed E-state index contributed by atoms with van der Waals surface area (Å²) in [6.45, 7) is 6.03. The first-order chi connectivity index (χ1) is 7.95. The molecular weight excluding hydrogens is 252 g/mol. The van der Waals surface area contributed by atoms with Gasteiger partial charge >= 0.3 is 0 Å². The van der Waals surface area contributed by atoms with Gasteiger partial charge in [-0.3, -0.25) is 4.18 Å². The molecule has 2 atom stereocenters. The van der Waals surface area contributed by atoms with Crippen LogP contribution in [0, 0.1) is 6.92 Å². The van der Waals surface area contributed by atoms with Crippen LogP contribution >= 0.6 is 0 Å². The molecule has 0 saturated carbocycles. The number of unbranched alkanes of at least 4 members (excludes halogenated alkanes) is 1. The van der Waals surface area contributed by atoms with Crippen LogP contribution in [0.3, 0.4) is 0 Å². The van der Waals surface area contributed by atoms with Gasteiger partial charge in [-0.1, -0.05) is 37.5 Å². The summed E-state index contributed by atoms with van der Waals surface area (Å²) in [6.07, 6.45) is 3.02. The van der Waals surface area contributed by atoms with Crippen LogP contribution < -0.4 is 0 Å². The van der Waals surface area contributed by atoms with Crippen molar-refractivity contribution in [2.75, 3.05) is 0 Å². The molecule has 0 heterocycles. The molecule has 0 aliphatic rings. The van der Waals surface area contributed by atoms with Crippen LogP contribution in [0.2, 0.25) is 0 Å². The maximum absolute atomic E-state index is 12.3. The molecule has 1 aromatic carbocycles. The number of aryl methyl sites for hydroxylation is 1. The Bertz CT molecular complexity index is 435. The minimum absolute atomic E-state index is 0.0544. The van der Waals surface area contributed by atoms with Crippen molar-refractivity contribution in [3.05, 3.63) is 29.8 Å². The third-order valence-electron chi connectivity index (χ3n) is 2.56. The third kappa shape index (κ3) is 4.74. The quantitative estimate of drug-likeness (QED) is 0.791. The lowest BCUT2D eigenvalue weighted by molar-refractivity contribution is 0.230. The Morgan fingerprint density at radius 3 is 2.47 bits per heavy atom. The van der Waals surface area contributed by atoms with E-state index in [0.29, 0.717) is 4.90 Å². The van der Waals surface area contributed by atoms with Crippen molar-refractivity contribution in [3.8, 4) is 0 Å². The molecule has 0 aliphatic carbocycles. The normalized spacial score (nSPS) is 16.4. The highest BCUT2D eigenvalue weighted by atomic mass is 32.8. The van der Waals surface area contributed by atoms with Crippen LogP contribution in [-0.4, -0.2) is 10.3 Å². The lowest BCUT2D eigenvalue weighted by Gasteiger charge is -2.14. The van der Waals surface area contributed by atoms with Gasteiger partial charge in [-0.25, -0.2) is 4.21 Å². The molecule has 96 valence electrons. The minimum Gasteiger partial charge on any atom is -0.283 e. The molecule has 0 saturated heterocycles. The van der Waals surface area contributed by atoms with Gasteiger partial charge < -0.3 is 0 Å². The van der Waals surface area contributed by atoms with Gasteiger partial charge in [-0.15, -0.1) is 0 Å². The molecule has 0 radical (unpaired) electrons. The summed E-state index contributed by atoms with van der Waals surface area (Å²) in [6, 6.07) is 7.39. The van der Waals surface area contributed by atoms with Crippen LogP contribution in [0.15, 0.2) is 29.2 Å². The van der Waals surface area contributed by atoms with Gasteiger partial charge in [0.05, 0.1) is 11.0 Å². The highest BCUT2D eigenvalue weighted by Crippen LogP contribution is 2.17. The first kappa shape index (κ1) is 14.6. The molecule has 4 heteroatoms. The summed E-state index contributed by atoms with van der Waals surface area (Å²) in [7, 11) is -2.77. The van der Waals surface area contributed by atoms with E-state index in [4.69, 9.17) is 15.4 Å². The standard InChI is InChI=1S/C13H20O2S2/c1-4-5-6-12(3)15-17(14,16)13-9-7-11(2)8-10-13/h7-10,12H,4-6H2,1-3H3. The van der Waals surface area contributed by atoms with Crippen LogP contribution in [0.25, 0.3) is 0 Å². The maximum Gasteiger partial charge on any atom is 0.173 e. The SMILES string of the molecule is CCCCC(C)OS(=O)(=S)c1ccc(C)cc1. The van der Waals surface area contributed by atoms with E-state index in [1.807, 2.05) is 26.0 Å². The number of rotatable bonds is 6. The summed E-state index contributed by atoms with van der Waals surface area (Å²) in [4.78, 5) is 0.599. The molecule has 17 heavy (non-hydrogen) atoms. The Labute approximate surface area is 109 Å². The van der Waals surface area contributed by atoms with Crippen molar-refractivity contribution >= 4 is 20.0 Å². The first-order valence-corrected chi connectivity index (χ1v) is 8.36. The summed E-state index contributed by atoms with van der Waals surface area (Å²) in [5, 5.41) is 0. The van der Waals surface area contributed by atoms with Crippen LogP contribution in [0.5, 0.6) is 0 Å². The minimum atomic E-state index is -2.77. The fourth-order valence-corrected chi connectivity index (χ4v) is 3.36. The Hall–Kier alpha value is -0.450. The maximum atomic E-state index is 12.3. The van der Waals surface area contributed by atoms with Gasteiger partial charge in [0.1, 0.15) is 0 Å². The highest BCUT2D eigenvalue weighted by Gasteiger charge is 2.14. The van der Waals surface area contributed by atoms with Crippen LogP contribution in [-0.2, 0) is 24.1 Å². The van der Waals surface area contributed by atoms with Gasteiger partial charge in [-0.05, 0) is 32.4 Å². The van der Waals surface area contributed by atoms with E-state index in [-0.39, 0.29) is 6.10 Å². The predicted molar refractivity (Wildman–Crippen MR) is 75.0 cm³/mol. The summed E-state index contributed by atoms with van der Waals surface area (Å²) >= 11 is 5.09. The number of benzene rings is 1. The average Bonchev–Trinajstić information content (AvgIpc) is 2.26. The predicted octanol–water partition coefficient (Wildman–Crippen LogP) is 3.61. The lowest BCUT2D eigenvalue weighted by atomic mass is 10.2. The van der Waals surface area contributed by atoms with E-state index in [0.717, 1.165) is 24.8 Å². The van der Waals surface area contributed by atoms with Crippen LogP contribution in [0.4, 0.5) is 0 Å². The van der Waals surface area contributed by atoms with Crippen molar-refractivity contribution in [3.63, 3.8) is 0 Å². The van der Waals surface area contributed by atoms with Gasteiger partial charge in [0, 0.05) is 11.2 Å². The topological polar surface area (TPSA) is 26.3 Å². The summed E-state index contributed by atoms with van der Waals surface area (Å²) < 4.78 is 17.8. The Kier molecular flexibility index (Phi) is 5.56. The fourth-order valence-electron chi connectivity index (χ4n) is 1.52. The van der Waals surface area contributed by atoms with E-state index in [9.17, 15) is 4.21 Å². The molecule has 0 N–H and O–H groups in total. The second-order valence-corrected chi connectivity index (χ2v) is 7.20. The van der Waals surface area contributed by atoms with Crippen molar-refractivity contribution in [2.24, 2.45) is 0 Å². The average molecular weight is 272 g/mol. The van der Waals surface area contributed by atoms with E-state index in [1.54, 1.807) is 12.1 Å². The van der Waals surface area contributed by atoms with E-state index < -0.39 is 8.77 Å². The summed E-state index contributed by atoms with van der Waals surface area (Å²) in [5.41, 5.74) is 1.12. The fraction of sp³-hybridized carbons (Fsp3) is 0.538. The second kappa shape index (κ2) is 6.47. The molecule has 0 aliphatic heterocycles. The second-order valence-electron chi connectivity index (χ2n) is 4.32. The number of hydrogen-bond donors (Lipinski definition) is 0. The van der Waals surface area contributed by atoms with Gasteiger partial charge in [-0.2, -0.15) is 0 Å². The molecule has 2 unspecified atom stereocenters. The molecule has 0 aromatic heterocycles. The largest absolute Gasteiger partial charge is 0.283 e. The van der Waals surface area contributed by atoms with Gasteiger partial charge in [0.2, 0.25) is 0 Å². The third-order valence-corrected chi connectivity index (χ3v) is 4.81. The van der Waals surface area contributed by atoms with E-state index in [2.05, 4.69) is 6.92 Å². The molecule has 1 aromatic rings. The number of hydrogen-bond acceptors (Lipinski definition) is 3. The van der Waals surface area contributed by atoms with Crippen molar-refractivity contribution in [1.29, 1.82) is 0 Å². The van der Waals surface area contributed by atoms with Crippen LogP contribution in [0.1, 0.15) is 38.7 Å². The van der Waals surface area contributed by atoms with Crippen molar-refractivity contribution in [1.82, 2.24) is 0 Å².